The van der Waals surface area contributed by atoms with Crippen LogP contribution in [0.25, 0.3) is 16.8 Å². The summed E-state index contributed by atoms with van der Waals surface area (Å²) in [6.45, 7) is 3.46. The Hall–Kier alpha value is -3.58. The lowest BCUT2D eigenvalue weighted by atomic mass is 9.86. The van der Waals surface area contributed by atoms with Crippen LogP contribution in [0, 0.1) is 12.8 Å². The number of benzene rings is 2. The predicted molar refractivity (Wildman–Crippen MR) is 130 cm³/mol. The van der Waals surface area contributed by atoms with Gasteiger partial charge in [-0.15, -0.1) is 0 Å². The van der Waals surface area contributed by atoms with Crippen LogP contribution in [0.4, 0.5) is 10.5 Å². The number of hydrogen-bond donors (Lipinski definition) is 2. The van der Waals surface area contributed by atoms with E-state index in [-0.39, 0.29) is 5.92 Å². The average Bonchev–Trinajstić information content (AvgIpc) is 3.19. The van der Waals surface area contributed by atoms with Gasteiger partial charge in [0.25, 0.3) is 0 Å². The number of nitrogens with zero attached hydrogens (tertiary/aromatic N) is 1. The second-order valence-electron chi connectivity index (χ2n) is 8.28. The summed E-state index contributed by atoms with van der Waals surface area (Å²) in [7, 11) is 0. The van der Waals surface area contributed by atoms with Gasteiger partial charge < -0.3 is 14.4 Å². The SMILES string of the molecule is Cc1onc(-c2cccc(C3=CCC(C(=O)O)CC3)c2)c1NC(=O)OC(C)c1ccccc1Cl. The smallest absolute Gasteiger partial charge is 0.412 e. The molecule has 2 unspecified atom stereocenters. The molecule has 0 spiro atoms. The van der Waals surface area contributed by atoms with E-state index in [9.17, 15) is 14.7 Å². The molecule has 0 bridgehead atoms. The number of aliphatic carboxylic acids is 1. The Bertz CT molecular complexity index is 1250. The van der Waals surface area contributed by atoms with Gasteiger partial charge in [0.1, 0.15) is 17.5 Å². The largest absolute Gasteiger partial charge is 0.481 e. The molecule has 0 fully saturated rings. The monoisotopic (exact) mass is 480 g/mol. The molecule has 1 aliphatic carbocycles. The number of ether oxygens (including phenoxy) is 1. The lowest BCUT2D eigenvalue weighted by molar-refractivity contribution is -0.141. The van der Waals surface area contributed by atoms with Gasteiger partial charge in [-0.25, -0.2) is 4.79 Å². The molecule has 176 valence electrons. The Morgan fingerprint density at radius 2 is 1.97 bits per heavy atom. The van der Waals surface area contributed by atoms with Crippen LogP contribution in [0.5, 0.6) is 0 Å². The highest BCUT2D eigenvalue weighted by molar-refractivity contribution is 6.31. The van der Waals surface area contributed by atoms with E-state index >= 15 is 0 Å². The summed E-state index contributed by atoms with van der Waals surface area (Å²) in [5.41, 5.74) is 4.48. The number of carboxylic acids is 1. The number of nitrogens with one attached hydrogen (secondary N) is 1. The normalized spacial score (nSPS) is 16.4. The highest BCUT2D eigenvalue weighted by Crippen LogP contribution is 2.35. The Morgan fingerprint density at radius 1 is 1.21 bits per heavy atom. The quantitative estimate of drug-likeness (QED) is 0.398. The molecule has 0 radical (unpaired) electrons. The van der Waals surface area contributed by atoms with E-state index in [0.29, 0.717) is 47.0 Å². The molecule has 34 heavy (non-hydrogen) atoms. The van der Waals surface area contributed by atoms with Crippen molar-refractivity contribution in [2.24, 2.45) is 5.92 Å². The van der Waals surface area contributed by atoms with Crippen LogP contribution in [-0.4, -0.2) is 22.3 Å². The van der Waals surface area contributed by atoms with Gasteiger partial charge in [0.05, 0.1) is 5.92 Å². The zero-order chi connectivity index (χ0) is 24.2. The summed E-state index contributed by atoms with van der Waals surface area (Å²) in [5.74, 6) is -0.641. The summed E-state index contributed by atoms with van der Waals surface area (Å²) in [5, 5.41) is 16.7. The number of aryl methyl sites for hydroxylation is 1. The summed E-state index contributed by atoms with van der Waals surface area (Å²) in [6.07, 6.45) is 2.61. The van der Waals surface area contributed by atoms with E-state index < -0.39 is 18.2 Å². The molecule has 0 aliphatic heterocycles. The summed E-state index contributed by atoms with van der Waals surface area (Å²) < 4.78 is 10.9. The van der Waals surface area contributed by atoms with Crippen molar-refractivity contribution >= 4 is 34.9 Å². The van der Waals surface area contributed by atoms with Gasteiger partial charge in [-0.3, -0.25) is 10.1 Å². The maximum absolute atomic E-state index is 12.6. The van der Waals surface area contributed by atoms with Crippen molar-refractivity contribution < 1.29 is 24.0 Å². The number of carbonyl (C=O) groups is 2. The first-order valence-electron chi connectivity index (χ1n) is 11.0. The highest BCUT2D eigenvalue weighted by Gasteiger charge is 2.23. The number of carbonyl (C=O) groups excluding carboxylic acids is 1. The van der Waals surface area contributed by atoms with Crippen molar-refractivity contribution in [3.63, 3.8) is 0 Å². The minimum absolute atomic E-state index is 0.333. The maximum atomic E-state index is 12.6. The lowest BCUT2D eigenvalue weighted by Gasteiger charge is -2.19. The topological polar surface area (TPSA) is 102 Å². The van der Waals surface area contributed by atoms with Crippen molar-refractivity contribution in [3.8, 4) is 11.3 Å². The number of rotatable bonds is 6. The van der Waals surface area contributed by atoms with Gasteiger partial charge in [-0.05, 0) is 56.4 Å². The fourth-order valence-corrected chi connectivity index (χ4v) is 4.35. The molecular weight excluding hydrogens is 456 g/mol. The fourth-order valence-electron chi connectivity index (χ4n) is 4.06. The van der Waals surface area contributed by atoms with E-state index in [1.165, 1.54) is 0 Å². The van der Waals surface area contributed by atoms with Crippen LogP contribution in [0.15, 0.2) is 59.1 Å². The van der Waals surface area contributed by atoms with Gasteiger partial charge in [-0.1, -0.05) is 59.2 Å². The van der Waals surface area contributed by atoms with Crippen LogP contribution in [0.2, 0.25) is 5.02 Å². The van der Waals surface area contributed by atoms with E-state index in [2.05, 4.69) is 10.5 Å². The number of aromatic nitrogens is 1. The molecule has 2 N–H and O–H groups in total. The Kier molecular flexibility index (Phi) is 7.03. The summed E-state index contributed by atoms with van der Waals surface area (Å²) >= 11 is 6.21. The number of carboxylic acid groups (broad SMARTS) is 1. The molecule has 1 aliphatic rings. The number of halogens is 1. The van der Waals surface area contributed by atoms with Crippen molar-refractivity contribution in [2.75, 3.05) is 5.32 Å². The molecule has 1 heterocycles. The predicted octanol–water partition coefficient (Wildman–Crippen LogP) is 6.88. The molecule has 3 aromatic rings. The molecule has 8 heteroatoms. The molecule has 7 nitrogen and oxygen atoms in total. The standard InChI is InChI=1S/C26H25ClN2O5/c1-15(21-8-3-4-9-22(21)27)33-26(32)28-23-16(2)34-29-24(23)20-7-5-6-19(14-20)17-10-12-18(13-11-17)25(30)31/h3-10,14-15,18H,11-13H2,1-2H3,(H,28,32)(H,30,31). The first kappa shape index (κ1) is 23.6. The van der Waals surface area contributed by atoms with Gasteiger partial charge in [0, 0.05) is 16.1 Å². The molecule has 2 aromatic carbocycles. The zero-order valence-electron chi connectivity index (χ0n) is 18.9. The maximum Gasteiger partial charge on any atom is 0.412 e. The van der Waals surface area contributed by atoms with Gasteiger partial charge >= 0.3 is 12.1 Å². The third-order valence-electron chi connectivity index (χ3n) is 5.98. The Labute approximate surface area is 202 Å². The second kappa shape index (κ2) is 10.1. The number of anilines is 1. The van der Waals surface area contributed by atoms with Gasteiger partial charge in [0.15, 0.2) is 5.76 Å². The van der Waals surface area contributed by atoms with Crippen LogP contribution in [0.1, 0.15) is 49.2 Å². The summed E-state index contributed by atoms with van der Waals surface area (Å²) in [6, 6.07) is 14.9. The minimum Gasteiger partial charge on any atom is -0.481 e. The van der Waals surface area contributed by atoms with E-state index in [1.54, 1.807) is 26.0 Å². The lowest BCUT2D eigenvalue weighted by Crippen LogP contribution is -2.17. The first-order chi connectivity index (χ1) is 16.3. The van der Waals surface area contributed by atoms with E-state index in [1.807, 2.05) is 42.5 Å². The first-order valence-corrected chi connectivity index (χ1v) is 11.4. The third-order valence-corrected chi connectivity index (χ3v) is 6.33. The van der Waals surface area contributed by atoms with Crippen LogP contribution >= 0.6 is 11.6 Å². The second-order valence-corrected chi connectivity index (χ2v) is 8.68. The third kappa shape index (κ3) is 5.15. The summed E-state index contributed by atoms with van der Waals surface area (Å²) in [4.78, 5) is 23.9. The van der Waals surface area contributed by atoms with Crippen LogP contribution in [-0.2, 0) is 9.53 Å². The van der Waals surface area contributed by atoms with E-state index in [0.717, 1.165) is 16.7 Å². The van der Waals surface area contributed by atoms with Crippen molar-refractivity contribution in [1.29, 1.82) is 0 Å². The molecule has 2 atom stereocenters. The average molecular weight is 481 g/mol. The van der Waals surface area contributed by atoms with Crippen LogP contribution < -0.4 is 5.32 Å². The van der Waals surface area contributed by atoms with Crippen molar-refractivity contribution in [3.05, 3.63) is 76.5 Å². The van der Waals surface area contributed by atoms with Gasteiger partial charge in [0.2, 0.25) is 0 Å². The molecule has 0 saturated carbocycles. The van der Waals surface area contributed by atoms with Crippen molar-refractivity contribution in [1.82, 2.24) is 5.16 Å². The Morgan fingerprint density at radius 3 is 2.68 bits per heavy atom. The van der Waals surface area contributed by atoms with Crippen LogP contribution in [0.3, 0.4) is 0 Å². The Balaban J connectivity index is 1.52. The molecule has 1 aromatic heterocycles. The molecule has 0 saturated heterocycles. The number of amides is 1. The van der Waals surface area contributed by atoms with Gasteiger partial charge in [-0.2, -0.15) is 0 Å². The molecular formula is C26H25ClN2O5. The fraction of sp³-hybridized carbons (Fsp3) is 0.269. The van der Waals surface area contributed by atoms with E-state index in [4.69, 9.17) is 20.9 Å². The molecule has 1 amide bonds. The number of hydrogen-bond acceptors (Lipinski definition) is 5. The minimum atomic E-state index is -0.756. The zero-order valence-corrected chi connectivity index (χ0v) is 19.6. The highest BCUT2D eigenvalue weighted by atomic mass is 35.5. The molecule has 4 rings (SSSR count). The number of allylic oxidation sites excluding steroid dienone is 2. The van der Waals surface area contributed by atoms with Crippen molar-refractivity contribution in [2.45, 2.75) is 39.2 Å².